The molecule has 24 heavy (non-hydrogen) atoms. The van der Waals surface area contributed by atoms with E-state index in [0.717, 1.165) is 29.9 Å². The zero-order valence-corrected chi connectivity index (χ0v) is 13.2. The fourth-order valence-electron chi connectivity index (χ4n) is 2.74. The average Bonchev–Trinajstić information content (AvgIpc) is 3.05. The largest absolute Gasteiger partial charge is 0.457 e. The van der Waals surface area contributed by atoms with Crippen molar-refractivity contribution in [1.82, 2.24) is 5.06 Å². The summed E-state index contributed by atoms with van der Waals surface area (Å²) in [5.74, 6) is 1.55. The first kappa shape index (κ1) is 16.3. The van der Waals surface area contributed by atoms with Crippen LogP contribution in [-0.4, -0.2) is 29.0 Å². The van der Waals surface area contributed by atoms with Gasteiger partial charge < -0.3 is 15.2 Å². The monoisotopic (exact) mass is 328 g/mol. The zero-order chi connectivity index (χ0) is 16.9. The molecule has 1 saturated heterocycles. The Hall–Kier alpha value is -2.57. The lowest BCUT2D eigenvalue weighted by Gasteiger charge is -2.18. The van der Waals surface area contributed by atoms with E-state index in [-0.39, 0.29) is 18.8 Å². The summed E-state index contributed by atoms with van der Waals surface area (Å²) in [6.07, 6.45) is 1.32. The average molecular weight is 328 g/mol. The second kappa shape index (κ2) is 7.33. The summed E-state index contributed by atoms with van der Waals surface area (Å²) in [5, 5.41) is 9.87. The summed E-state index contributed by atoms with van der Waals surface area (Å²) < 4.78 is 11.6. The number of carbonyl (C=O) groups is 1. The maximum Gasteiger partial charge on any atom is 0.338 e. The Balaban J connectivity index is 1.57. The Kier molecular flexibility index (Phi) is 4.98. The van der Waals surface area contributed by atoms with Crippen LogP contribution in [0.15, 0.2) is 54.6 Å². The van der Waals surface area contributed by atoms with E-state index in [1.807, 2.05) is 54.6 Å². The number of nitrogens with zero attached hydrogens (tertiary/aromatic N) is 1. The standard InChI is InChI=1S/C18H20N2O4/c19-18(21)20(22)12-16-10-11-17(24-16)13-6-8-15(9-7-13)23-14-4-2-1-3-5-14/h1-9,16-17,22H,10-12H2,(H2,19,21). The van der Waals surface area contributed by atoms with Crippen LogP contribution in [0.25, 0.3) is 0 Å². The van der Waals surface area contributed by atoms with Crippen molar-refractivity contribution in [3.8, 4) is 11.5 Å². The minimum absolute atomic E-state index is 0.0537. The number of carbonyl (C=O) groups excluding carboxylic acids is 1. The number of hydrogen-bond acceptors (Lipinski definition) is 4. The van der Waals surface area contributed by atoms with Crippen molar-refractivity contribution >= 4 is 6.03 Å². The minimum Gasteiger partial charge on any atom is -0.457 e. The first-order chi connectivity index (χ1) is 11.6. The van der Waals surface area contributed by atoms with Gasteiger partial charge in [0.2, 0.25) is 0 Å². The van der Waals surface area contributed by atoms with Gasteiger partial charge in [-0.15, -0.1) is 0 Å². The topological polar surface area (TPSA) is 85.0 Å². The summed E-state index contributed by atoms with van der Waals surface area (Å²) >= 11 is 0. The lowest BCUT2D eigenvalue weighted by molar-refractivity contribution is -0.0788. The van der Waals surface area contributed by atoms with Crippen LogP contribution < -0.4 is 10.5 Å². The smallest absolute Gasteiger partial charge is 0.338 e. The van der Waals surface area contributed by atoms with Crippen molar-refractivity contribution in [2.24, 2.45) is 5.73 Å². The van der Waals surface area contributed by atoms with Gasteiger partial charge in [-0.3, -0.25) is 5.21 Å². The molecule has 0 radical (unpaired) electrons. The summed E-state index contributed by atoms with van der Waals surface area (Å²) in [7, 11) is 0. The Bertz CT molecular complexity index is 675. The molecule has 1 fully saturated rings. The van der Waals surface area contributed by atoms with Gasteiger partial charge in [0.25, 0.3) is 0 Å². The molecule has 0 aromatic heterocycles. The van der Waals surface area contributed by atoms with Crippen molar-refractivity contribution in [2.75, 3.05) is 6.54 Å². The number of urea groups is 1. The molecule has 2 atom stereocenters. The molecule has 2 amide bonds. The number of amides is 2. The number of primary amides is 1. The zero-order valence-electron chi connectivity index (χ0n) is 13.2. The summed E-state index contributed by atoms with van der Waals surface area (Å²) in [6, 6.07) is 16.5. The molecule has 0 aliphatic carbocycles. The third kappa shape index (κ3) is 4.04. The maximum absolute atomic E-state index is 10.9. The van der Waals surface area contributed by atoms with Crippen LogP contribution in [0.1, 0.15) is 24.5 Å². The number of benzene rings is 2. The minimum atomic E-state index is -0.871. The predicted molar refractivity (Wildman–Crippen MR) is 87.9 cm³/mol. The van der Waals surface area contributed by atoms with Gasteiger partial charge in [0, 0.05) is 0 Å². The van der Waals surface area contributed by atoms with Gasteiger partial charge in [-0.2, -0.15) is 0 Å². The lowest BCUT2D eigenvalue weighted by atomic mass is 10.1. The van der Waals surface area contributed by atoms with Crippen LogP contribution >= 0.6 is 0 Å². The van der Waals surface area contributed by atoms with Gasteiger partial charge in [-0.1, -0.05) is 30.3 Å². The number of hydrogen-bond donors (Lipinski definition) is 2. The van der Waals surface area contributed by atoms with E-state index in [1.165, 1.54) is 0 Å². The van der Waals surface area contributed by atoms with E-state index in [4.69, 9.17) is 15.2 Å². The van der Waals surface area contributed by atoms with E-state index in [1.54, 1.807) is 0 Å². The predicted octanol–water partition coefficient (Wildman–Crippen LogP) is 3.47. The third-order valence-electron chi connectivity index (χ3n) is 3.97. The van der Waals surface area contributed by atoms with Crippen LogP contribution in [0, 0.1) is 0 Å². The summed E-state index contributed by atoms with van der Waals surface area (Å²) in [5.41, 5.74) is 6.05. The number of nitrogens with two attached hydrogens (primary N) is 1. The first-order valence-corrected chi connectivity index (χ1v) is 7.86. The SMILES string of the molecule is NC(=O)N(O)CC1CCC(c2ccc(Oc3ccccc3)cc2)O1. The number of hydroxylamine groups is 2. The molecule has 1 aliphatic rings. The Morgan fingerprint density at radius 2 is 1.79 bits per heavy atom. The second-order valence-corrected chi connectivity index (χ2v) is 5.73. The summed E-state index contributed by atoms with van der Waals surface area (Å²) in [4.78, 5) is 10.9. The van der Waals surface area contributed by atoms with E-state index >= 15 is 0 Å². The molecule has 0 saturated carbocycles. The molecule has 3 N–H and O–H groups in total. The van der Waals surface area contributed by atoms with Crippen molar-refractivity contribution in [3.05, 3.63) is 60.2 Å². The second-order valence-electron chi connectivity index (χ2n) is 5.73. The van der Waals surface area contributed by atoms with Crippen LogP contribution in [0.2, 0.25) is 0 Å². The van der Waals surface area contributed by atoms with E-state index in [2.05, 4.69) is 0 Å². The molecular formula is C18H20N2O4. The van der Waals surface area contributed by atoms with Gasteiger partial charge in [-0.25, -0.2) is 9.86 Å². The molecule has 6 nitrogen and oxygen atoms in total. The Labute approximate surface area is 140 Å². The van der Waals surface area contributed by atoms with E-state index in [0.29, 0.717) is 5.06 Å². The Morgan fingerprint density at radius 3 is 2.46 bits per heavy atom. The summed E-state index contributed by atoms with van der Waals surface area (Å²) in [6.45, 7) is 0.0844. The third-order valence-corrected chi connectivity index (χ3v) is 3.97. The normalized spacial score (nSPS) is 19.9. The van der Waals surface area contributed by atoms with Gasteiger partial charge in [0.1, 0.15) is 11.5 Å². The molecular weight excluding hydrogens is 308 g/mol. The quantitative estimate of drug-likeness (QED) is 0.650. The molecule has 0 bridgehead atoms. The molecule has 2 aromatic rings. The van der Waals surface area contributed by atoms with Crippen molar-refractivity contribution in [2.45, 2.75) is 25.0 Å². The Morgan fingerprint density at radius 1 is 1.12 bits per heavy atom. The van der Waals surface area contributed by atoms with Crippen LogP contribution in [0.3, 0.4) is 0 Å². The molecule has 2 aromatic carbocycles. The fourth-order valence-corrected chi connectivity index (χ4v) is 2.74. The number of ether oxygens (including phenoxy) is 2. The fraction of sp³-hybridized carbons (Fsp3) is 0.278. The van der Waals surface area contributed by atoms with Crippen LogP contribution in [-0.2, 0) is 4.74 Å². The molecule has 6 heteroatoms. The maximum atomic E-state index is 10.9. The van der Waals surface area contributed by atoms with Crippen molar-refractivity contribution in [1.29, 1.82) is 0 Å². The molecule has 1 heterocycles. The molecule has 2 unspecified atom stereocenters. The lowest BCUT2D eigenvalue weighted by Crippen LogP contribution is -2.38. The van der Waals surface area contributed by atoms with Crippen LogP contribution in [0.5, 0.6) is 11.5 Å². The van der Waals surface area contributed by atoms with Gasteiger partial charge >= 0.3 is 6.03 Å². The molecule has 126 valence electrons. The molecule has 3 rings (SSSR count). The van der Waals surface area contributed by atoms with Gasteiger partial charge in [0.05, 0.1) is 18.8 Å². The highest BCUT2D eigenvalue weighted by Gasteiger charge is 2.28. The first-order valence-electron chi connectivity index (χ1n) is 7.86. The molecule has 1 aliphatic heterocycles. The number of rotatable bonds is 5. The van der Waals surface area contributed by atoms with Gasteiger partial charge in [0.15, 0.2) is 0 Å². The number of para-hydroxylation sites is 1. The highest BCUT2D eigenvalue weighted by atomic mass is 16.5. The van der Waals surface area contributed by atoms with E-state index < -0.39 is 6.03 Å². The highest BCUT2D eigenvalue weighted by Crippen LogP contribution is 2.34. The van der Waals surface area contributed by atoms with Gasteiger partial charge in [-0.05, 0) is 42.7 Å². The van der Waals surface area contributed by atoms with Crippen molar-refractivity contribution in [3.63, 3.8) is 0 Å². The van der Waals surface area contributed by atoms with Crippen molar-refractivity contribution < 1.29 is 19.5 Å². The van der Waals surface area contributed by atoms with Crippen LogP contribution in [0.4, 0.5) is 4.79 Å². The molecule has 0 spiro atoms. The highest BCUT2D eigenvalue weighted by molar-refractivity contribution is 5.70. The van der Waals surface area contributed by atoms with E-state index in [9.17, 15) is 10.0 Å².